The zero-order chi connectivity index (χ0) is 24.3. The van der Waals surface area contributed by atoms with Crippen LogP contribution in [0.15, 0.2) is 58.1 Å². The Balaban J connectivity index is 1.60. The van der Waals surface area contributed by atoms with Crippen molar-refractivity contribution in [1.29, 1.82) is 0 Å². The van der Waals surface area contributed by atoms with Crippen molar-refractivity contribution in [2.24, 2.45) is 0 Å². The van der Waals surface area contributed by atoms with E-state index in [-0.39, 0.29) is 22.1 Å². The number of aromatic amines is 1. The number of H-pyrrole nitrogens is 1. The lowest BCUT2D eigenvalue weighted by Crippen LogP contribution is -2.25. The third kappa shape index (κ3) is 4.52. The predicted octanol–water partition coefficient (Wildman–Crippen LogP) is 4.22. The van der Waals surface area contributed by atoms with Gasteiger partial charge in [0, 0.05) is 28.5 Å². The van der Waals surface area contributed by atoms with Crippen LogP contribution in [0.5, 0.6) is 11.5 Å². The summed E-state index contributed by atoms with van der Waals surface area (Å²) < 4.78 is 43.7. The first-order valence-electron chi connectivity index (χ1n) is 10.4. The second-order valence-electron chi connectivity index (χ2n) is 7.36. The minimum atomic E-state index is -3.91. The number of hydrogen-bond acceptors (Lipinski definition) is 7. The third-order valence-electron chi connectivity index (χ3n) is 5.43. The van der Waals surface area contributed by atoms with Crippen molar-refractivity contribution in [3.05, 3.63) is 65.0 Å². The Morgan fingerprint density at radius 2 is 1.76 bits per heavy atom. The molecule has 4 rings (SSSR count). The molecule has 4 aromatic rings. The molecule has 0 saturated carbocycles. The lowest BCUT2D eigenvalue weighted by molar-refractivity contribution is 0.0597. The van der Waals surface area contributed by atoms with Crippen molar-refractivity contribution in [3.63, 3.8) is 0 Å². The molecule has 8 nitrogen and oxygen atoms in total. The molecule has 0 radical (unpaired) electrons. The Labute approximate surface area is 201 Å². The number of benzene rings is 2. The van der Waals surface area contributed by atoms with Crippen LogP contribution in [0.25, 0.3) is 22.2 Å². The number of nitrogens with one attached hydrogen (secondary N) is 2. The van der Waals surface area contributed by atoms with Crippen LogP contribution in [-0.2, 0) is 21.2 Å². The van der Waals surface area contributed by atoms with Crippen LogP contribution in [0, 0.1) is 0 Å². The lowest BCUT2D eigenvalue weighted by Gasteiger charge is -2.09. The fraction of sp³-hybridized carbons (Fsp3) is 0.208. The minimum Gasteiger partial charge on any atom is -0.497 e. The minimum absolute atomic E-state index is 0.0182. The molecule has 10 heteroatoms. The van der Waals surface area contributed by atoms with Gasteiger partial charge >= 0.3 is 5.97 Å². The molecule has 0 fully saturated rings. The van der Waals surface area contributed by atoms with Gasteiger partial charge in [-0.2, -0.15) is 0 Å². The van der Waals surface area contributed by atoms with Gasteiger partial charge in [0.05, 0.1) is 21.3 Å². The second kappa shape index (κ2) is 9.88. The van der Waals surface area contributed by atoms with Crippen LogP contribution in [-0.4, -0.2) is 47.2 Å². The number of carbonyl (C=O) groups is 1. The molecule has 2 N–H and O–H groups in total. The molecule has 0 atom stereocenters. The van der Waals surface area contributed by atoms with Gasteiger partial charge in [-0.1, -0.05) is 18.2 Å². The van der Waals surface area contributed by atoms with Crippen molar-refractivity contribution in [1.82, 2.24) is 9.71 Å². The first-order chi connectivity index (χ1) is 16.4. The number of hydrogen-bond donors (Lipinski definition) is 2. The van der Waals surface area contributed by atoms with E-state index in [1.165, 1.54) is 19.6 Å². The SMILES string of the molecule is COC(=O)c1csc(S(=O)(=O)NCCc2c(-c3ccc(OC)cc3)[nH]c3ccccc23)c1OC. The number of carbonyl (C=O) groups excluding carboxylic acids is 1. The average Bonchev–Trinajstić information content (AvgIpc) is 3.46. The molecule has 0 unspecified atom stereocenters. The maximum absolute atomic E-state index is 13.0. The number of ether oxygens (including phenoxy) is 3. The highest BCUT2D eigenvalue weighted by Gasteiger charge is 2.28. The highest BCUT2D eigenvalue weighted by atomic mass is 32.2. The maximum atomic E-state index is 13.0. The summed E-state index contributed by atoms with van der Waals surface area (Å²) in [4.78, 5) is 15.4. The van der Waals surface area contributed by atoms with Gasteiger partial charge in [0.25, 0.3) is 10.0 Å². The summed E-state index contributed by atoms with van der Waals surface area (Å²) in [5, 5.41) is 2.44. The van der Waals surface area contributed by atoms with E-state index in [9.17, 15) is 13.2 Å². The Morgan fingerprint density at radius 3 is 2.44 bits per heavy atom. The maximum Gasteiger partial charge on any atom is 0.342 e. The highest BCUT2D eigenvalue weighted by molar-refractivity contribution is 7.91. The second-order valence-corrected chi connectivity index (χ2v) is 10.2. The zero-order valence-electron chi connectivity index (χ0n) is 18.9. The van der Waals surface area contributed by atoms with Crippen LogP contribution in [0.4, 0.5) is 0 Å². The van der Waals surface area contributed by atoms with E-state index in [0.29, 0.717) is 6.42 Å². The summed E-state index contributed by atoms with van der Waals surface area (Å²) in [7, 11) is 0.259. The van der Waals surface area contributed by atoms with Crippen LogP contribution >= 0.6 is 11.3 Å². The van der Waals surface area contributed by atoms with E-state index in [0.717, 1.165) is 44.8 Å². The molecule has 2 heterocycles. The molecular formula is C24H24N2O6S2. The monoisotopic (exact) mass is 500 g/mol. The van der Waals surface area contributed by atoms with Gasteiger partial charge in [-0.25, -0.2) is 17.9 Å². The number of para-hydroxylation sites is 1. The van der Waals surface area contributed by atoms with E-state index < -0.39 is 16.0 Å². The Morgan fingerprint density at radius 1 is 1.03 bits per heavy atom. The lowest BCUT2D eigenvalue weighted by atomic mass is 10.0. The first-order valence-corrected chi connectivity index (χ1v) is 12.7. The van der Waals surface area contributed by atoms with E-state index in [2.05, 4.69) is 9.71 Å². The van der Waals surface area contributed by atoms with Crippen molar-refractivity contribution >= 4 is 38.2 Å². The number of rotatable bonds is 9. The van der Waals surface area contributed by atoms with Crippen molar-refractivity contribution in [3.8, 4) is 22.8 Å². The van der Waals surface area contributed by atoms with Gasteiger partial charge in [0.1, 0.15) is 11.3 Å². The molecule has 0 spiro atoms. The average molecular weight is 501 g/mol. The third-order valence-corrected chi connectivity index (χ3v) is 8.38. The molecule has 34 heavy (non-hydrogen) atoms. The molecule has 0 aliphatic carbocycles. The number of thiophene rings is 1. The van der Waals surface area contributed by atoms with Gasteiger partial charge in [0.15, 0.2) is 9.96 Å². The van der Waals surface area contributed by atoms with E-state index in [1.54, 1.807) is 7.11 Å². The van der Waals surface area contributed by atoms with Crippen molar-refractivity contribution in [2.75, 3.05) is 27.9 Å². The summed E-state index contributed by atoms with van der Waals surface area (Å²) in [6.07, 6.45) is 0.447. The molecule has 0 amide bonds. The fourth-order valence-electron chi connectivity index (χ4n) is 3.80. The standard InChI is InChI=1S/C24H24N2O6S2/c1-30-16-10-8-15(9-11-16)21-18(17-6-4-5-7-20(17)26-21)12-13-25-34(28,29)24-22(31-2)19(14-33-24)23(27)32-3/h4-11,14,25-26H,12-13H2,1-3H3. The largest absolute Gasteiger partial charge is 0.497 e. The molecule has 0 bridgehead atoms. The number of methoxy groups -OCH3 is 3. The van der Waals surface area contributed by atoms with Gasteiger partial charge in [-0.3, -0.25) is 0 Å². The van der Waals surface area contributed by atoms with E-state index >= 15 is 0 Å². The smallest absolute Gasteiger partial charge is 0.342 e. The molecule has 0 saturated heterocycles. The summed E-state index contributed by atoms with van der Waals surface area (Å²) >= 11 is 0.911. The number of esters is 1. The summed E-state index contributed by atoms with van der Waals surface area (Å²) in [5.74, 6) is 0.0817. The number of fused-ring (bicyclic) bond motifs is 1. The topological polar surface area (TPSA) is 107 Å². The van der Waals surface area contributed by atoms with Gasteiger partial charge in [-0.15, -0.1) is 11.3 Å². The van der Waals surface area contributed by atoms with Gasteiger partial charge in [0.2, 0.25) is 0 Å². The van der Waals surface area contributed by atoms with Gasteiger partial charge in [-0.05, 0) is 47.9 Å². The number of sulfonamides is 1. The highest BCUT2D eigenvalue weighted by Crippen LogP contribution is 2.35. The van der Waals surface area contributed by atoms with Crippen LogP contribution in [0.1, 0.15) is 15.9 Å². The molecule has 0 aliphatic heterocycles. The normalized spacial score (nSPS) is 11.5. The van der Waals surface area contributed by atoms with Crippen LogP contribution in [0.3, 0.4) is 0 Å². The number of aromatic nitrogens is 1. The van der Waals surface area contributed by atoms with Gasteiger partial charge < -0.3 is 19.2 Å². The predicted molar refractivity (Wildman–Crippen MR) is 131 cm³/mol. The van der Waals surface area contributed by atoms with E-state index in [4.69, 9.17) is 14.2 Å². The molecule has 2 aromatic carbocycles. The Kier molecular flexibility index (Phi) is 6.92. The summed E-state index contributed by atoms with van der Waals surface area (Å²) in [6, 6.07) is 15.6. The quantitative estimate of drug-likeness (QED) is 0.333. The molecule has 2 aromatic heterocycles. The molecular weight excluding hydrogens is 476 g/mol. The molecule has 178 valence electrons. The fourth-order valence-corrected chi connectivity index (χ4v) is 6.29. The summed E-state index contributed by atoms with van der Waals surface area (Å²) in [6.45, 7) is 0.155. The zero-order valence-corrected chi connectivity index (χ0v) is 20.5. The van der Waals surface area contributed by atoms with E-state index in [1.807, 2.05) is 48.5 Å². The van der Waals surface area contributed by atoms with Crippen LogP contribution < -0.4 is 14.2 Å². The molecule has 0 aliphatic rings. The van der Waals surface area contributed by atoms with Crippen molar-refractivity contribution < 1.29 is 27.4 Å². The Bertz CT molecular complexity index is 1420. The first kappa shape index (κ1) is 23.8. The Hall–Kier alpha value is -3.34. The van der Waals surface area contributed by atoms with Crippen molar-refractivity contribution in [2.45, 2.75) is 10.6 Å². The summed E-state index contributed by atoms with van der Waals surface area (Å²) in [5.41, 5.74) is 3.93. The van der Waals surface area contributed by atoms with Crippen LogP contribution in [0.2, 0.25) is 0 Å².